The van der Waals surface area contributed by atoms with Crippen LogP contribution in [0.5, 0.6) is 0 Å². The van der Waals surface area contributed by atoms with Crippen LogP contribution in [-0.4, -0.2) is 73.5 Å². The van der Waals surface area contributed by atoms with Crippen molar-refractivity contribution in [2.45, 2.75) is 0 Å². The molecule has 0 aliphatic heterocycles. The van der Waals surface area contributed by atoms with Gasteiger partial charge in [0.2, 0.25) is 0 Å². The molecule has 124 valence electrons. The van der Waals surface area contributed by atoms with Crippen molar-refractivity contribution in [1.29, 1.82) is 0 Å². The SMILES string of the molecule is O=C(/C=C\C(=O)OC(=O)CNCCO)OC(=O)CNCCO. The Hall–Kier alpha value is -2.14. The Kier molecular flexibility index (Phi) is 11.4. The van der Waals surface area contributed by atoms with Gasteiger partial charge in [0.25, 0.3) is 0 Å². The highest BCUT2D eigenvalue weighted by Gasteiger charge is 2.10. The summed E-state index contributed by atoms with van der Waals surface area (Å²) in [5, 5.41) is 21.9. The molecule has 0 aromatic heterocycles. The fraction of sp³-hybridized carbons (Fsp3) is 0.500. The fourth-order valence-corrected chi connectivity index (χ4v) is 1.04. The van der Waals surface area contributed by atoms with Crippen LogP contribution in [-0.2, 0) is 28.7 Å². The summed E-state index contributed by atoms with van der Waals surface area (Å²) in [4.78, 5) is 44.4. The molecule has 0 saturated carbocycles. The van der Waals surface area contributed by atoms with Gasteiger partial charge in [0, 0.05) is 25.2 Å². The van der Waals surface area contributed by atoms with Gasteiger partial charge in [0.1, 0.15) is 0 Å². The molecule has 0 unspecified atom stereocenters. The molecule has 0 saturated heterocycles. The van der Waals surface area contributed by atoms with Crippen molar-refractivity contribution in [3.8, 4) is 0 Å². The Morgan fingerprint density at radius 2 is 1.14 bits per heavy atom. The minimum absolute atomic E-state index is 0.165. The quantitative estimate of drug-likeness (QED) is 0.141. The van der Waals surface area contributed by atoms with Gasteiger partial charge in [-0.15, -0.1) is 0 Å². The van der Waals surface area contributed by atoms with Gasteiger partial charge < -0.3 is 30.3 Å². The van der Waals surface area contributed by atoms with Crippen LogP contribution in [0.25, 0.3) is 0 Å². The molecule has 0 aromatic carbocycles. The van der Waals surface area contributed by atoms with Gasteiger partial charge in [-0.05, 0) is 0 Å². The number of rotatable bonds is 10. The normalized spacial score (nSPS) is 10.5. The largest absolute Gasteiger partial charge is 0.395 e. The molecule has 0 rings (SSSR count). The molecule has 0 aromatic rings. The molecule has 0 heterocycles. The van der Waals surface area contributed by atoms with Gasteiger partial charge in [-0.3, -0.25) is 9.59 Å². The van der Waals surface area contributed by atoms with Crippen LogP contribution in [0.4, 0.5) is 0 Å². The van der Waals surface area contributed by atoms with E-state index in [0.717, 1.165) is 0 Å². The Balaban J connectivity index is 3.97. The number of carbonyl (C=O) groups excluding carboxylic acids is 4. The summed E-state index contributed by atoms with van der Waals surface area (Å²) in [5.41, 5.74) is 0. The predicted octanol–water partition coefficient (Wildman–Crippen LogP) is -3.15. The maximum absolute atomic E-state index is 11.1. The molecule has 22 heavy (non-hydrogen) atoms. The summed E-state index contributed by atoms with van der Waals surface area (Å²) in [6.45, 7) is -0.572. The van der Waals surface area contributed by atoms with Gasteiger partial charge in [0.15, 0.2) is 0 Å². The molecule has 0 bridgehead atoms. The van der Waals surface area contributed by atoms with Crippen molar-refractivity contribution >= 4 is 23.9 Å². The predicted molar refractivity (Wildman–Crippen MR) is 71.2 cm³/mol. The second kappa shape index (κ2) is 12.6. The monoisotopic (exact) mass is 318 g/mol. The summed E-state index contributed by atoms with van der Waals surface area (Å²) in [7, 11) is 0. The summed E-state index contributed by atoms with van der Waals surface area (Å²) in [6, 6.07) is 0. The second-order valence-electron chi connectivity index (χ2n) is 3.72. The molecule has 0 radical (unpaired) electrons. The molecule has 0 aliphatic carbocycles. The highest BCUT2D eigenvalue weighted by Crippen LogP contribution is 1.87. The standard InChI is InChI=1S/C12H18N2O8/c15-5-3-13-7-11(19)21-9(17)1-2-10(18)22-12(20)8-14-4-6-16/h1-2,13-16H,3-8H2/b2-1-. The topological polar surface area (TPSA) is 151 Å². The lowest BCUT2D eigenvalue weighted by Crippen LogP contribution is -2.28. The molecule has 0 spiro atoms. The number of nitrogens with one attached hydrogen (secondary N) is 2. The lowest BCUT2D eigenvalue weighted by Gasteiger charge is -2.02. The van der Waals surface area contributed by atoms with E-state index in [9.17, 15) is 19.2 Å². The Morgan fingerprint density at radius 1 is 0.773 bits per heavy atom. The molecule has 0 atom stereocenters. The van der Waals surface area contributed by atoms with E-state index in [2.05, 4.69) is 20.1 Å². The van der Waals surface area contributed by atoms with Crippen LogP contribution in [0.2, 0.25) is 0 Å². The van der Waals surface area contributed by atoms with Gasteiger partial charge in [-0.25, -0.2) is 9.59 Å². The van der Waals surface area contributed by atoms with Crippen molar-refractivity contribution in [2.75, 3.05) is 39.4 Å². The smallest absolute Gasteiger partial charge is 0.338 e. The first-order valence-electron chi connectivity index (χ1n) is 6.30. The van der Waals surface area contributed by atoms with Crippen LogP contribution in [0.15, 0.2) is 12.2 Å². The third-order valence-electron chi connectivity index (χ3n) is 1.90. The Labute approximate surface area is 126 Å². The zero-order chi connectivity index (χ0) is 16.8. The first-order valence-corrected chi connectivity index (χ1v) is 6.30. The molecular formula is C12H18N2O8. The fourth-order valence-electron chi connectivity index (χ4n) is 1.04. The number of aliphatic hydroxyl groups excluding tert-OH is 2. The first-order chi connectivity index (χ1) is 10.5. The third kappa shape index (κ3) is 11.7. The molecule has 0 aliphatic rings. The van der Waals surface area contributed by atoms with Crippen molar-refractivity contribution < 1.29 is 38.9 Å². The van der Waals surface area contributed by atoms with E-state index < -0.39 is 23.9 Å². The second-order valence-corrected chi connectivity index (χ2v) is 3.72. The van der Waals surface area contributed by atoms with Crippen molar-refractivity contribution in [2.24, 2.45) is 0 Å². The van der Waals surface area contributed by atoms with Gasteiger partial charge in [0.05, 0.1) is 26.3 Å². The maximum Gasteiger partial charge on any atom is 0.338 e. The highest BCUT2D eigenvalue weighted by atomic mass is 16.6. The van der Waals surface area contributed by atoms with Gasteiger partial charge in [-0.2, -0.15) is 0 Å². The van der Waals surface area contributed by atoms with Crippen LogP contribution >= 0.6 is 0 Å². The third-order valence-corrected chi connectivity index (χ3v) is 1.90. The summed E-state index contributed by atoms with van der Waals surface area (Å²) in [5.74, 6) is -3.97. The maximum atomic E-state index is 11.1. The van der Waals surface area contributed by atoms with E-state index in [1.165, 1.54) is 0 Å². The van der Waals surface area contributed by atoms with Crippen LogP contribution in [0.3, 0.4) is 0 Å². The summed E-state index contributed by atoms with van der Waals surface area (Å²) in [6.07, 6.45) is 1.28. The molecule has 10 nitrogen and oxygen atoms in total. The summed E-state index contributed by atoms with van der Waals surface area (Å²) < 4.78 is 8.58. The van der Waals surface area contributed by atoms with Crippen molar-refractivity contribution in [3.63, 3.8) is 0 Å². The lowest BCUT2D eigenvalue weighted by atomic mass is 10.5. The lowest BCUT2D eigenvalue weighted by molar-refractivity contribution is -0.158. The highest BCUT2D eigenvalue weighted by molar-refractivity contribution is 5.99. The van der Waals surface area contributed by atoms with Crippen molar-refractivity contribution in [3.05, 3.63) is 12.2 Å². The average molecular weight is 318 g/mol. The van der Waals surface area contributed by atoms with Crippen LogP contribution < -0.4 is 10.6 Å². The average Bonchev–Trinajstić information content (AvgIpc) is 2.45. The zero-order valence-electron chi connectivity index (χ0n) is 11.7. The molecular weight excluding hydrogens is 300 g/mol. The summed E-state index contributed by atoms with van der Waals surface area (Å²) >= 11 is 0. The molecule has 10 heteroatoms. The van der Waals surface area contributed by atoms with E-state index in [0.29, 0.717) is 12.2 Å². The van der Waals surface area contributed by atoms with Gasteiger partial charge >= 0.3 is 23.9 Å². The molecule has 0 amide bonds. The number of ether oxygens (including phenoxy) is 2. The van der Waals surface area contributed by atoms with E-state index in [1.54, 1.807) is 0 Å². The zero-order valence-corrected chi connectivity index (χ0v) is 11.7. The number of hydrogen-bond acceptors (Lipinski definition) is 10. The Morgan fingerprint density at radius 3 is 1.45 bits per heavy atom. The minimum atomic E-state index is -1.10. The van der Waals surface area contributed by atoms with E-state index >= 15 is 0 Å². The van der Waals surface area contributed by atoms with Crippen LogP contribution in [0.1, 0.15) is 0 Å². The minimum Gasteiger partial charge on any atom is -0.395 e. The number of hydrogen-bond donors (Lipinski definition) is 4. The van der Waals surface area contributed by atoms with E-state index in [-0.39, 0.29) is 39.4 Å². The Bertz CT molecular complexity index is 383. The number of aliphatic hydroxyl groups is 2. The number of esters is 4. The van der Waals surface area contributed by atoms with Gasteiger partial charge in [-0.1, -0.05) is 0 Å². The van der Waals surface area contributed by atoms with E-state index in [4.69, 9.17) is 10.2 Å². The van der Waals surface area contributed by atoms with Crippen molar-refractivity contribution in [1.82, 2.24) is 10.6 Å². The van der Waals surface area contributed by atoms with Crippen LogP contribution in [0, 0.1) is 0 Å². The number of carbonyl (C=O) groups is 4. The molecule has 4 N–H and O–H groups in total. The first kappa shape index (κ1) is 19.9. The molecule has 0 fully saturated rings. The van der Waals surface area contributed by atoms with E-state index in [1.807, 2.05) is 0 Å².